The Kier molecular flexibility index (Phi) is 3.78. The van der Waals surface area contributed by atoms with Gasteiger partial charge in [0.1, 0.15) is 0 Å². The Morgan fingerprint density at radius 3 is 2.24 bits per heavy atom. The number of benzene rings is 1. The first kappa shape index (κ1) is 14.2. The number of carbonyl (C=O) groups excluding carboxylic acids is 2. The molecule has 0 spiro atoms. The Morgan fingerprint density at radius 1 is 1.00 bits per heavy atom. The van der Waals surface area contributed by atoms with Gasteiger partial charge < -0.3 is 4.90 Å². The summed E-state index contributed by atoms with van der Waals surface area (Å²) in [6, 6.07) is 7.26. The fraction of sp³-hybridized carbons (Fsp3) is 0.500. The quantitative estimate of drug-likeness (QED) is 0.757. The molecule has 5 heteroatoms. The largest absolute Gasteiger partial charge is 0.304 e. The molecule has 3 rings (SSSR count). The summed E-state index contributed by atoms with van der Waals surface area (Å²) in [5.74, 6) is -0.166. The van der Waals surface area contributed by atoms with E-state index >= 15 is 0 Å². The van der Waals surface area contributed by atoms with E-state index in [9.17, 15) is 9.59 Å². The van der Waals surface area contributed by atoms with E-state index in [4.69, 9.17) is 0 Å². The lowest BCUT2D eigenvalue weighted by Crippen LogP contribution is -2.51. The van der Waals surface area contributed by atoms with Gasteiger partial charge in [-0.25, -0.2) is 4.90 Å². The summed E-state index contributed by atoms with van der Waals surface area (Å²) in [7, 11) is 2.08. The Hall–Kier alpha value is -1.72. The fourth-order valence-electron chi connectivity index (χ4n) is 3.00. The van der Waals surface area contributed by atoms with Crippen LogP contribution in [0.3, 0.4) is 0 Å². The maximum Gasteiger partial charge on any atom is 0.251 e. The molecule has 2 fully saturated rings. The minimum atomic E-state index is -0.285. The molecular weight excluding hydrogens is 266 g/mol. The number of imide groups is 1. The van der Waals surface area contributed by atoms with Crippen molar-refractivity contribution in [2.75, 3.05) is 38.1 Å². The summed E-state index contributed by atoms with van der Waals surface area (Å²) in [4.78, 5) is 30.6. The van der Waals surface area contributed by atoms with Crippen molar-refractivity contribution < 1.29 is 9.59 Å². The highest BCUT2D eigenvalue weighted by Crippen LogP contribution is 2.26. The second kappa shape index (κ2) is 5.58. The molecule has 0 radical (unpaired) electrons. The van der Waals surface area contributed by atoms with E-state index < -0.39 is 0 Å². The van der Waals surface area contributed by atoms with Gasteiger partial charge in [-0.2, -0.15) is 0 Å². The van der Waals surface area contributed by atoms with Gasteiger partial charge in [-0.15, -0.1) is 0 Å². The first-order valence-electron chi connectivity index (χ1n) is 7.42. The number of hydrogen-bond acceptors (Lipinski definition) is 4. The van der Waals surface area contributed by atoms with Gasteiger partial charge in [0.25, 0.3) is 5.91 Å². The predicted octanol–water partition coefficient (Wildman–Crippen LogP) is 0.874. The number of anilines is 1. The molecule has 1 aromatic rings. The van der Waals surface area contributed by atoms with Crippen LogP contribution in [0.5, 0.6) is 0 Å². The third kappa shape index (κ3) is 2.71. The molecule has 5 nitrogen and oxygen atoms in total. The van der Waals surface area contributed by atoms with Crippen LogP contribution in [-0.4, -0.2) is 60.9 Å². The van der Waals surface area contributed by atoms with Crippen molar-refractivity contribution >= 4 is 17.5 Å². The maximum absolute atomic E-state index is 12.6. The summed E-state index contributed by atoms with van der Waals surface area (Å²) in [5, 5.41) is 0. The van der Waals surface area contributed by atoms with E-state index in [-0.39, 0.29) is 17.9 Å². The number of nitrogens with zero attached hydrogens (tertiary/aromatic N) is 3. The lowest BCUT2D eigenvalue weighted by Gasteiger charge is -2.35. The van der Waals surface area contributed by atoms with Crippen LogP contribution in [0.2, 0.25) is 0 Å². The SMILES string of the molecule is Cc1ccc(N2C(=O)C[C@H](N3CCN(C)CC3)C2=O)cc1. The third-order valence-electron chi connectivity index (χ3n) is 4.39. The molecule has 2 saturated heterocycles. The van der Waals surface area contributed by atoms with Crippen LogP contribution in [0, 0.1) is 6.92 Å². The number of carbonyl (C=O) groups is 2. The van der Waals surface area contributed by atoms with Crippen molar-refractivity contribution in [1.29, 1.82) is 0 Å². The molecule has 2 heterocycles. The normalized spacial score (nSPS) is 24.9. The monoisotopic (exact) mass is 287 g/mol. The van der Waals surface area contributed by atoms with E-state index in [1.165, 1.54) is 4.90 Å². The number of amides is 2. The minimum absolute atomic E-state index is 0.0755. The molecule has 0 aromatic heterocycles. The Labute approximate surface area is 125 Å². The lowest BCUT2D eigenvalue weighted by atomic mass is 10.2. The molecule has 2 aliphatic heterocycles. The van der Waals surface area contributed by atoms with Crippen LogP contribution in [0.15, 0.2) is 24.3 Å². The first-order chi connectivity index (χ1) is 10.1. The molecule has 1 aromatic carbocycles. The molecule has 0 aliphatic carbocycles. The van der Waals surface area contributed by atoms with E-state index in [1.807, 2.05) is 31.2 Å². The second-order valence-corrected chi connectivity index (χ2v) is 5.96. The van der Waals surface area contributed by atoms with Crippen molar-refractivity contribution in [3.8, 4) is 0 Å². The average Bonchev–Trinajstić information content (AvgIpc) is 2.76. The van der Waals surface area contributed by atoms with Gasteiger partial charge in [0.05, 0.1) is 18.2 Å². The number of likely N-dealkylation sites (N-methyl/N-ethyl adjacent to an activating group) is 1. The Bertz CT molecular complexity index is 547. The zero-order valence-electron chi connectivity index (χ0n) is 12.6. The van der Waals surface area contributed by atoms with Crippen LogP contribution >= 0.6 is 0 Å². The van der Waals surface area contributed by atoms with E-state index in [1.54, 1.807) is 0 Å². The van der Waals surface area contributed by atoms with Gasteiger partial charge in [0, 0.05) is 26.2 Å². The molecule has 0 bridgehead atoms. The van der Waals surface area contributed by atoms with E-state index in [0.717, 1.165) is 31.7 Å². The van der Waals surface area contributed by atoms with E-state index in [2.05, 4.69) is 16.8 Å². The molecule has 0 saturated carbocycles. The highest BCUT2D eigenvalue weighted by molar-refractivity contribution is 6.22. The fourth-order valence-corrected chi connectivity index (χ4v) is 3.00. The van der Waals surface area contributed by atoms with Gasteiger partial charge in [-0.3, -0.25) is 14.5 Å². The Balaban J connectivity index is 1.77. The van der Waals surface area contributed by atoms with Crippen molar-refractivity contribution in [2.45, 2.75) is 19.4 Å². The highest BCUT2D eigenvalue weighted by atomic mass is 16.2. The standard InChI is InChI=1S/C16H21N3O2/c1-12-3-5-13(6-4-12)19-15(20)11-14(16(19)21)18-9-7-17(2)8-10-18/h3-6,14H,7-11H2,1-2H3/t14-/m0/s1. The molecule has 112 valence electrons. The average molecular weight is 287 g/mol. The molecule has 1 atom stereocenters. The summed E-state index contributed by atoms with van der Waals surface area (Å²) in [5.41, 5.74) is 1.81. The number of aryl methyl sites for hydroxylation is 1. The van der Waals surface area contributed by atoms with Crippen molar-refractivity contribution in [2.24, 2.45) is 0 Å². The van der Waals surface area contributed by atoms with Crippen molar-refractivity contribution in [3.05, 3.63) is 29.8 Å². The van der Waals surface area contributed by atoms with E-state index in [0.29, 0.717) is 12.1 Å². The molecule has 2 amide bonds. The highest BCUT2D eigenvalue weighted by Gasteiger charge is 2.43. The van der Waals surface area contributed by atoms with Crippen LogP contribution in [0.4, 0.5) is 5.69 Å². The number of hydrogen-bond donors (Lipinski definition) is 0. The zero-order chi connectivity index (χ0) is 15.0. The van der Waals surface area contributed by atoms with Crippen LogP contribution < -0.4 is 4.90 Å². The minimum Gasteiger partial charge on any atom is -0.304 e. The number of rotatable bonds is 2. The zero-order valence-corrected chi connectivity index (χ0v) is 12.6. The van der Waals surface area contributed by atoms with Gasteiger partial charge in [0.2, 0.25) is 5.91 Å². The molecule has 21 heavy (non-hydrogen) atoms. The molecule has 0 unspecified atom stereocenters. The third-order valence-corrected chi connectivity index (χ3v) is 4.39. The van der Waals surface area contributed by atoms with Crippen molar-refractivity contribution in [3.63, 3.8) is 0 Å². The molecule has 2 aliphatic rings. The van der Waals surface area contributed by atoms with Gasteiger partial charge >= 0.3 is 0 Å². The summed E-state index contributed by atoms with van der Waals surface area (Å²) in [6.45, 7) is 5.58. The number of piperazine rings is 1. The van der Waals surface area contributed by atoms with Gasteiger partial charge in [0.15, 0.2) is 0 Å². The molecular formula is C16H21N3O2. The maximum atomic E-state index is 12.6. The first-order valence-corrected chi connectivity index (χ1v) is 7.42. The van der Waals surface area contributed by atoms with Gasteiger partial charge in [-0.1, -0.05) is 17.7 Å². The van der Waals surface area contributed by atoms with Crippen LogP contribution in [0.25, 0.3) is 0 Å². The molecule has 0 N–H and O–H groups in total. The second-order valence-electron chi connectivity index (χ2n) is 5.96. The smallest absolute Gasteiger partial charge is 0.251 e. The topological polar surface area (TPSA) is 43.9 Å². The van der Waals surface area contributed by atoms with Crippen LogP contribution in [-0.2, 0) is 9.59 Å². The summed E-state index contributed by atoms with van der Waals surface area (Å²) in [6.07, 6.45) is 0.302. The van der Waals surface area contributed by atoms with Crippen molar-refractivity contribution in [1.82, 2.24) is 9.80 Å². The summed E-state index contributed by atoms with van der Waals surface area (Å²) < 4.78 is 0. The lowest BCUT2D eigenvalue weighted by molar-refractivity contribution is -0.123. The summed E-state index contributed by atoms with van der Waals surface area (Å²) >= 11 is 0. The van der Waals surface area contributed by atoms with Gasteiger partial charge in [-0.05, 0) is 26.1 Å². The van der Waals surface area contributed by atoms with Crippen LogP contribution in [0.1, 0.15) is 12.0 Å². The predicted molar refractivity (Wildman–Crippen MR) is 81.1 cm³/mol. The Morgan fingerprint density at radius 2 is 1.62 bits per heavy atom.